The summed E-state index contributed by atoms with van der Waals surface area (Å²) < 4.78 is 12.3. The van der Waals surface area contributed by atoms with E-state index in [9.17, 15) is 9.59 Å². The molecule has 1 N–H and O–H groups in total. The highest BCUT2D eigenvalue weighted by Crippen LogP contribution is 2.34. The van der Waals surface area contributed by atoms with Gasteiger partial charge in [0, 0.05) is 11.4 Å². The van der Waals surface area contributed by atoms with Gasteiger partial charge in [-0.15, -0.1) is 21.5 Å². The van der Waals surface area contributed by atoms with Crippen LogP contribution in [0.4, 0.5) is 5.00 Å². The van der Waals surface area contributed by atoms with E-state index in [1.54, 1.807) is 12.3 Å². The van der Waals surface area contributed by atoms with Gasteiger partial charge < -0.3 is 14.5 Å². The highest BCUT2D eigenvalue weighted by atomic mass is 32.2. The number of thiophene rings is 1. The average Bonchev–Trinajstić information content (AvgIpc) is 3.45. The molecule has 30 heavy (non-hydrogen) atoms. The van der Waals surface area contributed by atoms with Gasteiger partial charge in [0.1, 0.15) is 5.00 Å². The van der Waals surface area contributed by atoms with Gasteiger partial charge in [-0.05, 0) is 37.5 Å². The van der Waals surface area contributed by atoms with Crippen molar-refractivity contribution in [1.29, 1.82) is 0 Å². The monoisotopic (exact) mass is 448 g/mol. The summed E-state index contributed by atoms with van der Waals surface area (Å²) in [5.74, 6) is 0.749. The zero-order valence-corrected chi connectivity index (χ0v) is 19.0. The maximum absolute atomic E-state index is 12.6. The van der Waals surface area contributed by atoms with Gasteiger partial charge in [-0.25, -0.2) is 4.79 Å². The van der Waals surface area contributed by atoms with Crippen LogP contribution in [-0.4, -0.2) is 39.5 Å². The van der Waals surface area contributed by atoms with E-state index in [2.05, 4.69) is 22.4 Å². The average molecular weight is 449 g/mol. The molecule has 3 heterocycles. The molecule has 0 spiro atoms. The summed E-state index contributed by atoms with van der Waals surface area (Å²) in [7, 11) is 1.34. The van der Waals surface area contributed by atoms with E-state index in [-0.39, 0.29) is 11.7 Å². The van der Waals surface area contributed by atoms with Crippen LogP contribution in [0.5, 0.6) is 0 Å². The van der Waals surface area contributed by atoms with Crippen molar-refractivity contribution in [2.75, 3.05) is 18.2 Å². The number of furan rings is 1. The number of anilines is 1. The lowest BCUT2D eigenvalue weighted by Gasteiger charge is -2.08. The number of methoxy groups -OCH3 is 1. The van der Waals surface area contributed by atoms with E-state index in [0.717, 1.165) is 16.9 Å². The third-order valence-electron chi connectivity index (χ3n) is 4.44. The Kier molecular flexibility index (Phi) is 7.33. The van der Waals surface area contributed by atoms with Crippen LogP contribution in [0.15, 0.2) is 28.0 Å². The lowest BCUT2D eigenvalue weighted by molar-refractivity contribution is -0.113. The zero-order valence-electron chi connectivity index (χ0n) is 17.4. The van der Waals surface area contributed by atoms with E-state index in [1.807, 2.05) is 24.5 Å². The van der Waals surface area contributed by atoms with Crippen LogP contribution >= 0.6 is 23.1 Å². The molecule has 0 fully saturated rings. The second-order valence-electron chi connectivity index (χ2n) is 6.46. The lowest BCUT2D eigenvalue weighted by atomic mass is 10.1. The normalized spacial score (nSPS) is 10.9. The predicted octanol–water partition coefficient (Wildman–Crippen LogP) is 4.40. The minimum absolute atomic E-state index is 0.138. The first-order chi connectivity index (χ1) is 14.5. The van der Waals surface area contributed by atoms with Crippen molar-refractivity contribution in [3.05, 3.63) is 34.4 Å². The minimum atomic E-state index is -0.440. The molecule has 8 nitrogen and oxygen atoms in total. The second kappa shape index (κ2) is 9.94. The molecule has 10 heteroatoms. The molecule has 0 saturated carbocycles. The van der Waals surface area contributed by atoms with Gasteiger partial charge >= 0.3 is 5.97 Å². The largest absolute Gasteiger partial charge is 0.465 e. The van der Waals surface area contributed by atoms with Crippen molar-refractivity contribution in [1.82, 2.24) is 14.8 Å². The molecule has 0 atom stereocenters. The number of rotatable bonds is 9. The first-order valence-electron chi connectivity index (χ1n) is 9.60. The summed E-state index contributed by atoms with van der Waals surface area (Å²) >= 11 is 2.68. The third kappa shape index (κ3) is 4.59. The molecule has 160 valence electrons. The minimum Gasteiger partial charge on any atom is -0.465 e. The molecule has 0 aliphatic carbocycles. The van der Waals surface area contributed by atoms with Gasteiger partial charge in [0.15, 0.2) is 16.7 Å². The Morgan fingerprint density at radius 2 is 2.13 bits per heavy atom. The van der Waals surface area contributed by atoms with Gasteiger partial charge in [0.2, 0.25) is 5.91 Å². The molecule has 3 rings (SSSR count). The van der Waals surface area contributed by atoms with Crippen LogP contribution in [0.25, 0.3) is 11.6 Å². The van der Waals surface area contributed by atoms with Crippen LogP contribution in [0.1, 0.15) is 41.1 Å². The van der Waals surface area contributed by atoms with Crippen molar-refractivity contribution >= 4 is 40.0 Å². The highest BCUT2D eigenvalue weighted by Gasteiger charge is 2.23. The van der Waals surface area contributed by atoms with Crippen LogP contribution in [0.2, 0.25) is 0 Å². The number of nitrogens with one attached hydrogen (secondary N) is 1. The van der Waals surface area contributed by atoms with Crippen molar-refractivity contribution < 1.29 is 18.7 Å². The number of hydrogen-bond donors (Lipinski definition) is 1. The topological polar surface area (TPSA) is 99.2 Å². The van der Waals surface area contributed by atoms with Gasteiger partial charge in [-0.3, -0.25) is 9.36 Å². The molecular weight excluding hydrogens is 424 g/mol. The number of thioether (sulfide) groups is 1. The van der Waals surface area contributed by atoms with Crippen LogP contribution in [-0.2, 0) is 22.5 Å². The molecule has 0 radical (unpaired) electrons. The van der Waals surface area contributed by atoms with E-state index >= 15 is 0 Å². The fourth-order valence-electron chi connectivity index (χ4n) is 3.11. The van der Waals surface area contributed by atoms with Gasteiger partial charge in [-0.1, -0.05) is 25.6 Å². The van der Waals surface area contributed by atoms with Crippen LogP contribution in [0.3, 0.4) is 0 Å². The fourth-order valence-corrected chi connectivity index (χ4v) is 5.03. The summed E-state index contributed by atoms with van der Waals surface area (Å²) in [4.78, 5) is 25.8. The Bertz CT molecular complexity index is 1020. The molecule has 0 aliphatic rings. The summed E-state index contributed by atoms with van der Waals surface area (Å²) in [6, 6.07) is 3.63. The Morgan fingerprint density at radius 1 is 1.33 bits per heavy atom. The third-order valence-corrected chi connectivity index (χ3v) is 6.47. The van der Waals surface area contributed by atoms with E-state index in [0.29, 0.717) is 40.3 Å². The molecule has 0 aliphatic heterocycles. The molecule has 0 bridgehead atoms. The molecule has 3 aromatic rings. The molecule has 1 amide bonds. The van der Waals surface area contributed by atoms with Crippen molar-refractivity contribution in [3.8, 4) is 11.6 Å². The lowest BCUT2D eigenvalue weighted by Crippen LogP contribution is -2.16. The smallest absolute Gasteiger partial charge is 0.341 e. The number of ether oxygens (including phenoxy) is 1. The van der Waals surface area contributed by atoms with E-state index < -0.39 is 5.97 Å². The standard InChI is InChI=1S/C20H24N4O4S2/c1-5-9-24-17(14-8-7-10-28-14)22-23-20(24)29-11-15(25)21-18-16(19(26)27-4)13(6-2)12(3)30-18/h7-8,10H,5-6,9,11H2,1-4H3,(H,21,25). The Hall–Kier alpha value is -2.59. The number of aryl methyl sites for hydroxylation is 1. The number of nitrogens with zero attached hydrogens (tertiary/aromatic N) is 3. The Labute approximate surface area is 183 Å². The van der Waals surface area contributed by atoms with Gasteiger partial charge in [0.05, 0.1) is 24.7 Å². The van der Waals surface area contributed by atoms with Gasteiger partial charge in [-0.2, -0.15) is 0 Å². The first-order valence-corrected chi connectivity index (χ1v) is 11.4. The van der Waals surface area contributed by atoms with Crippen molar-refractivity contribution in [3.63, 3.8) is 0 Å². The maximum atomic E-state index is 12.6. The maximum Gasteiger partial charge on any atom is 0.341 e. The molecule has 0 aromatic carbocycles. The quantitative estimate of drug-likeness (QED) is 0.383. The second-order valence-corrected chi connectivity index (χ2v) is 8.63. The van der Waals surface area contributed by atoms with Crippen LogP contribution in [0, 0.1) is 6.92 Å². The number of esters is 1. The van der Waals surface area contributed by atoms with Crippen molar-refractivity contribution in [2.24, 2.45) is 0 Å². The zero-order chi connectivity index (χ0) is 21.7. The van der Waals surface area contributed by atoms with E-state index in [4.69, 9.17) is 9.15 Å². The Balaban J connectivity index is 1.74. The number of carbonyl (C=O) groups is 2. The number of aromatic nitrogens is 3. The summed E-state index contributed by atoms with van der Waals surface area (Å²) in [6.07, 6.45) is 3.17. The Morgan fingerprint density at radius 3 is 2.77 bits per heavy atom. The summed E-state index contributed by atoms with van der Waals surface area (Å²) in [6.45, 7) is 6.68. The fraction of sp³-hybridized carbons (Fsp3) is 0.400. The molecule has 0 saturated heterocycles. The molecular formula is C20H24N4O4S2. The van der Waals surface area contributed by atoms with E-state index in [1.165, 1.54) is 30.2 Å². The first kappa shape index (κ1) is 22.1. The van der Waals surface area contributed by atoms with Gasteiger partial charge in [0.25, 0.3) is 0 Å². The van der Waals surface area contributed by atoms with Crippen molar-refractivity contribution in [2.45, 2.75) is 45.3 Å². The highest BCUT2D eigenvalue weighted by molar-refractivity contribution is 7.99. The summed E-state index contributed by atoms with van der Waals surface area (Å²) in [5, 5.41) is 12.5. The molecule has 3 aromatic heterocycles. The number of amides is 1. The number of hydrogen-bond acceptors (Lipinski definition) is 8. The predicted molar refractivity (Wildman–Crippen MR) is 117 cm³/mol. The SMILES string of the molecule is CCCn1c(SCC(=O)Nc2sc(C)c(CC)c2C(=O)OC)nnc1-c1ccco1. The summed E-state index contributed by atoms with van der Waals surface area (Å²) in [5.41, 5.74) is 1.34. The van der Waals surface area contributed by atoms with Crippen LogP contribution < -0.4 is 5.32 Å². The molecule has 0 unspecified atom stereocenters. The number of carbonyl (C=O) groups excluding carboxylic acids is 2.